The molecule has 0 saturated heterocycles. The number of carbonyl (C=O) groups is 1. The molecule has 0 saturated carbocycles. The highest BCUT2D eigenvalue weighted by Gasteiger charge is 2.34. The van der Waals surface area contributed by atoms with Gasteiger partial charge in [-0.3, -0.25) is 4.79 Å². The topological polar surface area (TPSA) is 78.9 Å². The van der Waals surface area contributed by atoms with E-state index in [1.165, 1.54) is 25.2 Å². The number of hydrogen-bond donors (Lipinski definition) is 3. The van der Waals surface area contributed by atoms with Crippen molar-refractivity contribution in [2.45, 2.75) is 6.18 Å². The Morgan fingerprint density at radius 1 is 0.929 bits per heavy atom. The number of aromatic nitrogens is 2. The number of alkyl halides is 3. The highest BCUT2D eigenvalue weighted by Crippen LogP contribution is 2.37. The summed E-state index contributed by atoms with van der Waals surface area (Å²) in [6, 6.07) is 12.6. The average molecular weight is 387 g/mol. The van der Waals surface area contributed by atoms with Crippen LogP contribution in [-0.2, 0) is 6.18 Å². The van der Waals surface area contributed by atoms with E-state index in [1.807, 2.05) is 0 Å². The number of halogens is 3. The van der Waals surface area contributed by atoms with Crippen LogP contribution in [0.15, 0.2) is 60.9 Å². The molecule has 0 radical (unpaired) electrons. The van der Waals surface area contributed by atoms with E-state index in [0.29, 0.717) is 5.82 Å². The van der Waals surface area contributed by atoms with Gasteiger partial charge in [-0.15, -0.1) is 0 Å². The van der Waals surface area contributed by atoms with Gasteiger partial charge < -0.3 is 16.0 Å². The molecule has 3 rings (SSSR count). The molecule has 1 aromatic carbocycles. The molecule has 0 aliphatic heterocycles. The third kappa shape index (κ3) is 4.37. The van der Waals surface area contributed by atoms with Crippen molar-refractivity contribution in [1.29, 1.82) is 0 Å². The Morgan fingerprint density at radius 2 is 1.68 bits per heavy atom. The fraction of sp³-hybridized carbons (Fsp3) is 0.105. The second kappa shape index (κ2) is 7.95. The third-order valence-corrected chi connectivity index (χ3v) is 3.80. The van der Waals surface area contributed by atoms with Gasteiger partial charge >= 0.3 is 6.18 Å². The maximum absolute atomic E-state index is 13.4. The molecule has 0 spiro atoms. The van der Waals surface area contributed by atoms with Gasteiger partial charge in [-0.05, 0) is 24.3 Å². The number of carbonyl (C=O) groups excluding carboxylic acids is 1. The lowest BCUT2D eigenvalue weighted by Gasteiger charge is -2.17. The number of amides is 1. The average Bonchev–Trinajstić information content (AvgIpc) is 2.68. The first-order valence-electron chi connectivity index (χ1n) is 8.22. The monoisotopic (exact) mass is 387 g/mol. The molecule has 3 aromatic rings. The van der Waals surface area contributed by atoms with Crippen LogP contribution in [0.2, 0.25) is 0 Å². The second-order valence-corrected chi connectivity index (χ2v) is 5.70. The van der Waals surface area contributed by atoms with E-state index < -0.39 is 17.6 Å². The largest absolute Gasteiger partial charge is 0.419 e. The van der Waals surface area contributed by atoms with Crippen molar-refractivity contribution >= 4 is 28.9 Å². The zero-order valence-corrected chi connectivity index (χ0v) is 14.7. The molecule has 3 N–H and O–H groups in total. The maximum Gasteiger partial charge on any atom is 0.419 e. The lowest BCUT2D eigenvalue weighted by Crippen LogP contribution is -2.19. The molecule has 0 unspecified atom stereocenters. The molecule has 2 heterocycles. The number of nitrogens with zero attached hydrogens (tertiary/aromatic N) is 2. The summed E-state index contributed by atoms with van der Waals surface area (Å²) in [6.45, 7) is 0. The van der Waals surface area contributed by atoms with E-state index in [1.54, 1.807) is 36.5 Å². The van der Waals surface area contributed by atoms with Gasteiger partial charge in [0.15, 0.2) is 0 Å². The van der Waals surface area contributed by atoms with Crippen LogP contribution in [0, 0.1) is 0 Å². The molecule has 28 heavy (non-hydrogen) atoms. The standard InChI is InChI=1S/C19H16F3N5O/c1-23-18(28)12-6-2-3-7-14(12)26-15-10-17(25-11-13(15)19(20,21)22)27-16-8-4-5-9-24-16/h2-11H,1H3,(H,23,28)(H2,24,25,26,27). The number of hydrogen-bond acceptors (Lipinski definition) is 5. The van der Waals surface area contributed by atoms with Gasteiger partial charge in [0.25, 0.3) is 5.91 Å². The summed E-state index contributed by atoms with van der Waals surface area (Å²) < 4.78 is 40.3. The van der Waals surface area contributed by atoms with Crippen molar-refractivity contribution in [3.8, 4) is 0 Å². The van der Waals surface area contributed by atoms with Gasteiger partial charge in [0.2, 0.25) is 0 Å². The normalized spacial score (nSPS) is 11.0. The van der Waals surface area contributed by atoms with Crippen LogP contribution in [0.4, 0.5) is 36.2 Å². The SMILES string of the molecule is CNC(=O)c1ccccc1Nc1cc(Nc2ccccn2)ncc1C(F)(F)F. The summed E-state index contributed by atoms with van der Waals surface area (Å²) in [5, 5.41) is 8.02. The summed E-state index contributed by atoms with van der Waals surface area (Å²) in [5.74, 6) is 0.190. The minimum atomic E-state index is -4.62. The van der Waals surface area contributed by atoms with Crippen LogP contribution >= 0.6 is 0 Å². The number of benzene rings is 1. The van der Waals surface area contributed by atoms with E-state index in [2.05, 4.69) is 25.9 Å². The summed E-state index contributed by atoms with van der Waals surface area (Å²) in [5.41, 5.74) is -0.737. The number of anilines is 4. The molecule has 0 aliphatic carbocycles. The zero-order chi connectivity index (χ0) is 20.1. The van der Waals surface area contributed by atoms with E-state index in [-0.39, 0.29) is 22.8 Å². The highest BCUT2D eigenvalue weighted by atomic mass is 19.4. The Hall–Kier alpha value is -3.62. The predicted molar refractivity (Wildman–Crippen MR) is 99.9 cm³/mol. The smallest absolute Gasteiger partial charge is 0.355 e. The van der Waals surface area contributed by atoms with Crippen LogP contribution in [0.1, 0.15) is 15.9 Å². The Labute approximate surface area is 158 Å². The summed E-state index contributed by atoms with van der Waals surface area (Å²) in [7, 11) is 1.45. The van der Waals surface area contributed by atoms with Gasteiger partial charge in [0.1, 0.15) is 11.6 Å². The Kier molecular flexibility index (Phi) is 5.44. The zero-order valence-electron chi connectivity index (χ0n) is 14.7. The molecule has 0 bridgehead atoms. The van der Waals surface area contributed by atoms with Gasteiger partial charge in [-0.25, -0.2) is 9.97 Å². The van der Waals surface area contributed by atoms with Crippen LogP contribution in [0.5, 0.6) is 0 Å². The minimum Gasteiger partial charge on any atom is -0.355 e. The quantitative estimate of drug-likeness (QED) is 0.607. The van der Waals surface area contributed by atoms with Crippen LogP contribution < -0.4 is 16.0 Å². The van der Waals surface area contributed by atoms with Crippen molar-refractivity contribution in [2.24, 2.45) is 0 Å². The Morgan fingerprint density at radius 3 is 2.36 bits per heavy atom. The van der Waals surface area contributed by atoms with Crippen molar-refractivity contribution in [3.63, 3.8) is 0 Å². The van der Waals surface area contributed by atoms with E-state index in [4.69, 9.17) is 0 Å². The van der Waals surface area contributed by atoms with Crippen molar-refractivity contribution < 1.29 is 18.0 Å². The summed E-state index contributed by atoms with van der Waals surface area (Å²) >= 11 is 0. The molecule has 2 aromatic heterocycles. The van der Waals surface area contributed by atoms with Gasteiger partial charge in [0.05, 0.1) is 22.5 Å². The number of rotatable bonds is 5. The molecule has 0 fully saturated rings. The maximum atomic E-state index is 13.4. The number of para-hydroxylation sites is 1. The lowest BCUT2D eigenvalue weighted by atomic mass is 10.1. The molecular weight excluding hydrogens is 371 g/mol. The number of nitrogens with one attached hydrogen (secondary N) is 3. The third-order valence-electron chi connectivity index (χ3n) is 3.80. The van der Waals surface area contributed by atoms with Crippen LogP contribution in [-0.4, -0.2) is 22.9 Å². The van der Waals surface area contributed by atoms with Gasteiger partial charge in [0, 0.05) is 25.5 Å². The fourth-order valence-corrected chi connectivity index (χ4v) is 2.49. The van der Waals surface area contributed by atoms with Crippen molar-refractivity contribution in [1.82, 2.24) is 15.3 Å². The molecule has 144 valence electrons. The predicted octanol–water partition coefficient (Wildman–Crippen LogP) is 4.34. The minimum absolute atomic E-state index is 0.173. The molecule has 0 aliphatic rings. The molecule has 0 atom stereocenters. The first-order chi connectivity index (χ1) is 13.4. The Bertz CT molecular complexity index is 977. The van der Waals surface area contributed by atoms with Crippen molar-refractivity contribution in [3.05, 3.63) is 72.1 Å². The lowest BCUT2D eigenvalue weighted by molar-refractivity contribution is -0.137. The molecule has 1 amide bonds. The summed E-state index contributed by atoms with van der Waals surface area (Å²) in [6.07, 6.45) is -2.35. The highest BCUT2D eigenvalue weighted by molar-refractivity contribution is 6.00. The van der Waals surface area contributed by atoms with E-state index in [9.17, 15) is 18.0 Å². The molecule has 9 heteroatoms. The number of pyridine rings is 2. The van der Waals surface area contributed by atoms with E-state index in [0.717, 1.165) is 6.20 Å². The van der Waals surface area contributed by atoms with Crippen LogP contribution in [0.3, 0.4) is 0 Å². The van der Waals surface area contributed by atoms with Crippen molar-refractivity contribution in [2.75, 3.05) is 17.7 Å². The van der Waals surface area contributed by atoms with Gasteiger partial charge in [-0.2, -0.15) is 13.2 Å². The second-order valence-electron chi connectivity index (χ2n) is 5.70. The molecular formula is C19H16F3N5O. The van der Waals surface area contributed by atoms with Crippen LogP contribution in [0.25, 0.3) is 0 Å². The van der Waals surface area contributed by atoms with E-state index >= 15 is 0 Å². The first-order valence-corrected chi connectivity index (χ1v) is 8.22. The first kappa shape index (κ1) is 19.2. The Balaban J connectivity index is 2.01. The molecule has 6 nitrogen and oxygen atoms in total. The summed E-state index contributed by atoms with van der Waals surface area (Å²) in [4.78, 5) is 19.9. The van der Waals surface area contributed by atoms with Gasteiger partial charge in [-0.1, -0.05) is 18.2 Å². The fourth-order valence-electron chi connectivity index (χ4n) is 2.49.